The fourth-order valence-corrected chi connectivity index (χ4v) is 3.15. The lowest BCUT2D eigenvalue weighted by atomic mass is 10.0. The molecule has 0 spiro atoms. The first-order chi connectivity index (χ1) is 12.1. The number of carbonyl (C=O) groups excluding carboxylic acids is 1. The SMILES string of the molecule is CCOc1ccc(CC(=O)NC2CCN(c3cc(C)[nH]n3)CC2)cc1. The maximum Gasteiger partial charge on any atom is 0.224 e. The van der Waals surface area contributed by atoms with E-state index in [0.717, 1.165) is 48.8 Å². The second kappa shape index (κ2) is 8.05. The number of ether oxygens (including phenoxy) is 1. The third kappa shape index (κ3) is 4.75. The Balaban J connectivity index is 1.44. The Morgan fingerprint density at radius 1 is 1.32 bits per heavy atom. The van der Waals surface area contributed by atoms with Crippen LogP contribution in [0.25, 0.3) is 0 Å². The summed E-state index contributed by atoms with van der Waals surface area (Å²) in [4.78, 5) is 14.5. The third-order valence-corrected chi connectivity index (χ3v) is 4.48. The van der Waals surface area contributed by atoms with Crippen LogP contribution in [0.2, 0.25) is 0 Å². The third-order valence-electron chi connectivity index (χ3n) is 4.48. The molecule has 0 atom stereocenters. The summed E-state index contributed by atoms with van der Waals surface area (Å²) in [5, 5.41) is 10.4. The summed E-state index contributed by atoms with van der Waals surface area (Å²) in [6.45, 7) is 6.44. The molecule has 0 unspecified atom stereocenters. The molecule has 6 heteroatoms. The number of piperidine rings is 1. The molecule has 3 rings (SSSR count). The lowest BCUT2D eigenvalue weighted by Gasteiger charge is -2.32. The van der Waals surface area contributed by atoms with Crippen LogP contribution in [0.15, 0.2) is 30.3 Å². The van der Waals surface area contributed by atoms with Crippen molar-refractivity contribution in [3.05, 3.63) is 41.6 Å². The van der Waals surface area contributed by atoms with Gasteiger partial charge in [-0.2, -0.15) is 5.10 Å². The summed E-state index contributed by atoms with van der Waals surface area (Å²) in [7, 11) is 0. The van der Waals surface area contributed by atoms with Crippen LogP contribution in [0.4, 0.5) is 5.82 Å². The Morgan fingerprint density at radius 3 is 2.64 bits per heavy atom. The molecule has 6 nitrogen and oxygen atoms in total. The highest BCUT2D eigenvalue weighted by Gasteiger charge is 2.22. The maximum absolute atomic E-state index is 12.3. The minimum Gasteiger partial charge on any atom is -0.494 e. The number of aryl methyl sites for hydroxylation is 1. The number of nitrogens with zero attached hydrogens (tertiary/aromatic N) is 2. The largest absolute Gasteiger partial charge is 0.494 e. The van der Waals surface area contributed by atoms with E-state index in [0.29, 0.717) is 13.0 Å². The molecule has 1 aliphatic rings. The van der Waals surface area contributed by atoms with Gasteiger partial charge in [-0.3, -0.25) is 9.89 Å². The molecule has 1 aliphatic heterocycles. The van der Waals surface area contributed by atoms with Crippen molar-refractivity contribution in [2.45, 2.75) is 39.2 Å². The van der Waals surface area contributed by atoms with Gasteiger partial charge in [0.25, 0.3) is 0 Å². The molecule has 134 valence electrons. The van der Waals surface area contributed by atoms with Crippen molar-refractivity contribution in [2.24, 2.45) is 0 Å². The first kappa shape index (κ1) is 17.3. The molecule has 0 aliphatic carbocycles. The lowest BCUT2D eigenvalue weighted by molar-refractivity contribution is -0.121. The standard InChI is InChI=1S/C19H26N4O2/c1-3-25-17-6-4-15(5-7-17)13-19(24)20-16-8-10-23(11-9-16)18-12-14(2)21-22-18/h4-7,12,16H,3,8-11,13H2,1-2H3,(H,20,24)(H,21,22). The summed E-state index contributed by atoms with van der Waals surface area (Å²) in [6, 6.07) is 10.0. The molecule has 25 heavy (non-hydrogen) atoms. The highest BCUT2D eigenvalue weighted by molar-refractivity contribution is 5.78. The van der Waals surface area contributed by atoms with E-state index in [9.17, 15) is 4.79 Å². The maximum atomic E-state index is 12.3. The van der Waals surface area contributed by atoms with Crippen LogP contribution in [-0.4, -0.2) is 41.8 Å². The van der Waals surface area contributed by atoms with Crippen molar-refractivity contribution in [1.82, 2.24) is 15.5 Å². The summed E-state index contributed by atoms with van der Waals surface area (Å²) in [5.74, 6) is 1.92. The quantitative estimate of drug-likeness (QED) is 0.846. The fourth-order valence-electron chi connectivity index (χ4n) is 3.15. The van der Waals surface area contributed by atoms with Crippen LogP contribution < -0.4 is 15.0 Å². The van der Waals surface area contributed by atoms with Crippen molar-refractivity contribution in [3.63, 3.8) is 0 Å². The number of hydrogen-bond donors (Lipinski definition) is 2. The van der Waals surface area contributed by atoms with Gasteiger partial charge in [-0.15, -0.1) is 0 Å². The number of aromatic amines is 1. The highest BCUT2D eigenvalue weighted by Crippen LogP contribution is 2.18. The molecular weight excluding hydrogens is 316 g/mol. The molecule has 2 heterocycles. The van der Waals surface area contributed by atoms with Crippen LogP contribution in [0.1, 0.15) is 31.0 Å². The van der Waals surface area contributed by atoms with E-state index in [-0.39, 0.29) is 11.9 Å². The minimum atomic E-state index is 0.0817. The van der Waals surface area contributed by atoms with Gasteiger partial charge in [0.05, 0.1) is 13.0 Å². The van der Waals surface area contributed by atoms with Gasteiger partial charge in [0, 0.05) is 30.9 Å². The van der Waals surface area contributed by atoms with Crippen molar-refractivity contribution >= 4 is 11.7 Å². The number of aromatic nitrogens is 2. The van der Waals surface area contributed by atoms with Gasteiger partial charge in [-0.25, -0.2) is 0 Å². The number of H-pyrrole nitrogens is 1. The second-order valence-corrected chi connectivity index (χ2v) is 6.49. The van der Waals surface area contributed by atoms with E-state index in [4.69, 9.17) is 4.74 Å². The van der Waals surface area contributed by atoms with Gasteiger partial charge >= 0.3 is 0 Å². The first-order valence-electron chi connectivity index (χ1n) is 8.92. The normalized spacial score (nSPS) is 15.2. The van der Waals surface area contributed by atoms with E-state index < -0.39 is 0 Å². The molecular formula is C19H26N4O2. The molecule has 1 aromatic heterocycles. The number of rotatable bonds is 6. The Kier molecular flexibility index (Phi) is 5.58. The number of nitrogens with one attached hydrogen (secondary N) is 2. The Bertz CT molecular complexity index is 688. The molecule has 1 fully saturated rings. The zero-order valence-electron chi connectivity index (χ0n) is 14.9. The molecule has 1 saturated heterocycles. The van der Waals surface area contributed by atoms with Crippen LogP contribution in [0.3, 0.4) is 0 Å². The predicted octanol–water partition coefficient (Wildman–Crippen LogP) is 2.44. The predicted molar refractivity (Wildman–Crippen MR) is 98.0 cm³/mol. The highest BCUT2D eigenvalue weighted by atomic mass is 16.5. The topological polar surface area (TPSA) is 70.2 Å². The van der Waals surface area contributed by atoms with E-state index in [1.807, 2.05) is 38.1 Å². The van der Waals surface area contributed by atoms with Gasteiger partial charge in [-0.1, -0.05) is 12.1 Å². The zero-order chi connectivity index (χ0) is 17.6. The molecule has 0 saturated carbocycles. The van der Waals surface area contributed by atoms with Gasteiger partial charge in [0.2, 0.25) is 5.91 Å². The number of anilines is 1. The average Bonchev–Trinajstić information content (AvgIpc) is 3.04. The molecule has 2 N–H and O–H groups in total. The van der Waals surface area contributed by atoms with Gasteiger partial charge in [0.1, 0.15) is 5.75 Å². The van der Waals surface area contributed by atoms with Gasteiger partial charge < -0.3 is 15.0 Å². The van der Waals surface area contributed by atoms with Crippen molar-refractivity contribution in [3.8, 4) is 5.75 Å². The average molecular weight is 342 g/mol. The van der Waals surface area contributed by atoms with Crippen LogP contribution >= 0.6 is 0 Å². The van der Waals surface area contributed by atoms with Gasteiger partial charge in [-0.05, 0) is 44.4 Å². The molecule has 0 bridgehead atoms. The Labute approximate surface area is 148 Å². The molecule has 1 aromatic carbocycles. The van der Waals surface area contributed by atoms with Crippen molar-refractivity contribution in [2.75, 3.05) is 24.6 Å². The van der Waals surface area contributed by atoms with Crippen molar-refractivity contribution < 1.29 is 9.53 Å². The van der Waals surface area contributed by atoms with Crippen LogP contribution in [0, 0.1) is 6.92 Å². The molecule has 1 amide bonds. The summed E-state index contributed by atoms with van der Waals surface area (Å²) in [5.41, 5.74) is 2.08. The molecule has 0 radical (unpaired) electrons. The Morgan fingerprint density at radius 2 is 2.04 bits per heavy atom. The summed E-state index contributed by atoms with van der Waals surface area (Å²) < 4.78 is 5.42. The minimum absolute atomic E-state index is 0.0817. The van der Waals surface area contributed by atoms with E-state index in [2.05, 4.69) is 26.5 Å². The fraction of sp³-hybridized carbons (Fsp3) is 0.474. The lowest BCUT2D eigenvalue weighted by Crippen LogP contribution is -2.45. The number of carbonyl (C=O) groups is 1. The molecule has 2 aromatic rings. The monoisotopic (exact) mass is 342 g/mol. The zero-order valence-corrected chi connectivity index (χ0v) is 14.9. The summed E-state index contributed by atoms with van der Waals surface area (Å²) in [6.07, 6.45) is 2.30. The van der Waals surface area contributed by atoms with E-state index in [1.54, 1.807) is 0 Å². The smallest absolute Gasteiger partial charge is 0.224 e. The van der Waals surface area contributed by atoms with Crippen LogP contribution in [-0.2, 0) is 11.2 Å². The Hall–Kier alpha value is -2.50. The first-order valence-corrected chi connectivity index (χ1v) is 8.92. The van der Waals surface area contributed by atoms with E-state index >= 15 is 0 Å². The van der Waals surface area contributed by atoms with Crippen LogP contribution in [0.5, 0.6) is 5.75 Å². The van der Waals surface area contributed by atoms with E-state index in [1.165, 1.54) is 0 Å². The number of amides is 1. The number of hydrogen-bond acceptors (Lipinski definition) is 4. The van der Waals surface area contributed by atoms with Gasteiger partial charge in [0.15, 0.2) is 5.82 Å². The number of benzene rings is 1. The summed E-state index contributed by atoms with van der Waals surface area (Å²) >= 11 is 0. The van der Waals surface area contributed by atoms with Crippen molar-refractivity contribution in [1.29, 1.82) is 0 Å². The second-order valence-electron chi connectivity index (χ2n) is 6.49.